The average molecular weight is 403 g/mol. The Hall–Kier alpha value is -1.35. The van der Waals surface area contributed by atoms with Crippen molar-refractivity contribution < 1.29 is 4.74 Å². The first-order valence-corrected chi connectivity index (χ1v) is 6.57. The summed E-state index contributed by atoms with van der Waals surface area (Å²) in [6.45, 7) is 3.02. The van der Waals surface area contributed by atoms with Crippen LogP contribution >= 0.6 is 24.0 Å². The van der Waals surface area contributed by atoms with Crippen LogP contribution in [0.2, 0.25) is 0 Å². The summed E-state index contributed by atoms with van der Waals surface area (Å²) < 4.78 is 7.07. The number of hydrogen-bond donors (Lipinski definition) is 2. The highest BCUT2D eigenvalue weighted by molar-refractivity contribution is 14.0. The number of para-hydroxylation sites is 2. The molecule has 6 nitrogen and oxygen atoms in total. The molecule has 0 radical (unpaired) electrons. The van der Waals surface area contributed by atoms with Crippen LogP contribution in [0.15, 0.2) is 29.3 Å². The van der Waals surface area contributed by atoms with Crippen molar-refractivity contribution in [2.45, 2.75) is 19.5 Å². The highest BCUT2D eigenvalue weighted by Gasteiger charge is 2.07. The van der Waals surface area contributed by atoms with Crippen LogP contribution in [0.4, 0.5) is 0 Å². The van der Waals surface area contributed by atoms with Crippen molar-refractivity contribution in [1.29, 1.82) is 0 Å². The quantitative estimate of drug-likeness (QED) is 0.452. The van der Waals surface area contributed by atoms with E-state index in [0.717, 1.165) is 16.9 Å². The second-order valence-corrected chi connectivity index (χ2v) is 4.78. The van der Waals surface area contributed by atoms with E-state index in [1.165, 1.54) is 0 Å². The van der Waals surface area contributed by atoms with Gasteiger partial charge in [-0.3, -0.25) is 0 Å². The summed E-state index contributed by atoms with van der Waals surface area (Å²) in [5, 5.41) is 3.07. The molecule has 116 valence electrons. The van der Waals surface area contributed by atoms with Crippen molar-refractivity contribution in [3.8, 4) is 0 Å². The van der Waals surface area contributed by atoms with Gasteiger partial charge in [0.25, 0.3) is 0 Å². The minimum Gasteiger partial charge on any atom is -0.383 e. The van der Waals surface area contributed by atoms with E-state index in [1.54, 1.807) is 7.11 Å². The van der Waals surface area contributed by atoms with E-state index in [0.29, 0.717) is 19.1 Å². The lowest BCUT2D eigenvalue weighted by Crippen LogP contribution is -2.40. The third-order valence-electron chi connectivity index (χ3n) is 3.08. The van der Waals surface area contributed by atoms with Gasteiger partial charge >= 0.3 is 0 Å². The molecular weight excluding hydrogens is 381 g/mol. The average Bonchev–Trinajstić information content (AvgIpc) is 2.74. The van der Waals surface area contributed by atoms with Gasteiger partial charge in [-0.05, 0) is 19.1 Å². The molecule has 2 rings (SSSR count). The summed E-state index contributed by atoms with van der Waals surface area (Å²) in [5.74, 6) is 1.29. The molecule has 0 saturated carbocycles. The number of ether oxygens (including phenoxy) is 1. The Labute approximate surface area is 141 Å². The Balaban J connectivity index is 0.00000220. The summed E-state index contributed by atoms with van der Waals surface area (Å²) in [4.78, 5) is 8.86. The van der Waals surface area contributed by atoms with Gasteiger partial charge in [0.1, 0.15) is 12.4 Å². The number of halogens is 1. The second kappa shape index (κ2) is 8.18. The van der Waals surface area contributed by atoms with Gasteiger partial charge < -0.3 is 20.4 Å². The smallest absolute Gasteiger partial charge is 0.189 e. The first kappa shape index (κ1) is 17.7. The van der Waals surface area contributed by atoms with Crippen LogP contribution in [0.1, 0.15) is 12.7 Å². The number of fused-ring (bicyclic) bond motifs is 1. The maximum atomic E-state index is 5.84. The fourth-order valence-electron chi connectivity index (χ4n) is 2.08. The third kappa shape index (κ3) is 4.57. The molecule has 0 fully saturated rings. The highest BCUT2D eigenvalue weighted by atomic mass is 127. The highest BCUT2D eigenvalue weighted by Crippen LogP contribution is 2.14. The Morgan fingerprint density at radius 3 is 2.86 bits per heavy atom. The number of nitrogens with one attached hydrogen (secondary N) is 1. The Morgan fingerprint density at radius 1 is 1.48 bits per heavy atom. The number of aromatic nitrogens is 2. The van der Waals surface area contributed by atoms with Gasteiger partial charge in [0.05, 0.1) is 17.6 Å². The van der Waals surface area contributed by atoms with E-state index >= 15 is 0 Å². The number of hydrogen-bond acceptors (Lipinski definition) is 3. The third-order valence-corrected chi connectivity index (χ3v) is 3.08. The first-order valence-electron chi connectivity index (χ1n) is 6.57. The molecular formula is C14H22IN5O. The van der Waals surface area contributed by atoms with Crippen molar-refractivity contribution in [2.24, 2.45) is 17.8 Å². The summed E-state index contributed by atoms with van der Waals surface area (Å²) in [6, 6.07) is 8.14. The van der Waals surface area contributed by atoms with Crippen LogP contribution in [0.25, 0.3) is 11.0 Å². The zero-order valence-corrected chi connectivity index (χ0v) is 14.9. The molecule has 1 unspecified atom stereocenters. The van der Waals surface area contributed by atoms with E-state index < -0.39 is 0 Å². The van der Waals surface area contributed by atoms with Gasteiger partial charge in [0.2, 0.25) is 0 Å². The van der Waals surface area contributed by atoms with E-state index in [1.807, 2.05) is 42.8 Å². The summed E-state index contributed by atoms with van der Waals surface area (Å²) in [6.07, 6.45) is 0. The maximum absolute atomic E-state index is 5.84. The van der Waals surface area contributed by atoms with Crippen LogP contribution in [-0.2, 0) is 18.3 Å². The molecule has 2 aromatic rings. The van der Waals surface area contributed by atoms with Gasteiger partial charge in [-0.15, -0.1) is 24.0 Å². The molecule has 1 atom stereocenters. The van der Waals surface area contributed by atoms with E-state index in [9.17, 15) is 0 Å². The van der Waals surface area contributed by atoms with Crippen molar-refractivity contribution in [3.05, 3.63) is 30.1 Å². The van der Waals surface area contributed by atoms with Crippen LogP contribution in [-0.4, -0.2) is 35.3 Å². The number of methoxy groups -OCH3 is 1. The molecule has 0 aliphatic carbocycles. The van der Waals surface area contributed by atoms with Crippen molar-refractivity contribution in [2.75, 3.05) is 13.7 Å². The number of aryl methyl sites for hydroxylation is 1. The van der Waals surface area contributed by atoms with Crippen LogP contribution in [0.3, 0.4) is 0 Å². The topological polar surface area (TPSA) is 77.5 Å². The predicted molar refractivity (Wildman–Crippen MR) is 95.9 cm³/mol. The monoisotopic (exact) mass is 403 g/mol. The fourth-order valence-corrected chi connectivity index (χ4v) is 2.08. The number of aliphatic imine (C=N–C) groups is 1. The molecule has 7 heteroatoms. The number of benzene rings is 1. The molecule has 0 spiro atoms. The SMILES string of the molecule is COCC(C)NC(N)=NCc1nc2ccccc2n1C.I. The second-order valence-electron chi connectivity index (χ2n) is 4.78. The molecule has 0 bridgehead atoms. The predicted octanol–water partition coefficient (Wildman–Crippen LogP) is 1.63. The van der Waals surface area contributed by atoms with Crippen LogP contribution in [0.5, 0.6) is 0 Å². The van der Waals surface area contributed by atoms with Crippen molar-refractivity contribution in [3.63, 3.8) is 0 Å². The van der Waals surface area contributed by atoms with Crippen molar-refractivity contribution in [1.82, 2.24) is 14.9 Å². The van der Waals surface area contributed by atoms with Crippen LogP contribution < -0.4 is 11.1 Å². The fraction of sp³-hybridized carbons (Fsp3) is 0.429. The normalized spacial score (nSPS) is 13.0. The molecule has 0 aliphatic heterocycles. The number of guanidine groups is 1. The molecule has 0 saturated heterocycles. The Bertz CT molecular complexity index is 610. The standard InChI is InChI=1S/C14H21N5O.HI/c1-10(9-20-3)17-14(15)16-8-13-18-11-6-4-5-7-12(11)19(13)2;/h4-7,10H,8-9H2,1-3H3,(H3,15,16,17);1H. The molecule has 0 amide bonds. The zero-order valence-electron chi connectivity index (χ0n) is 12.5. The van der Waals surface area contributed by atoms with Gasteiger partial charge in [-0.2, -0.15) is 0 Å². The lowest BCUT2D eigenvalue weighted by atomic mass is 10.3. The molecule has 0 aliphatic rings. The summed E-state index contributed by atoms with van der Waals surface area (Å²) in [5.41, 5.74) is 7.91. The van der Waals surface area contributed by atoms with Gasteiger partial charge in [0, 0.05) is 20.2 Å². The lowest BCUT2D eigenvalue weighted by molar-refractivity contribution is 0.179. The minimum atomic E-state index is 0. The Kier molecular flexibility index (Phi) is 6.90. The molecule has 3 N–H and O–H groups in total. The number of rotatable bonds is 5. The van der Waals surface area contributed by atoms with Gasteiger partial charge in [0.15, 0.2) is 5.96 Å². The molecule has 21 heavy (non-hydrogen) atoms. The van der Waals surface area contributed by atoms with Gasteiger partial charge in [-0.1, -0.05) is 12.1 Å². The molecule has 1 aromatic carbocycles. The molecule has 1 aromatic heterocycles. The largest absolute Gasteiger partial charge is 0.383 e. The van der Waals surface area contributed by atoms with E-state index in [2.05, 4.69) is 15.3 Å². The number of nitrogens with zero attached hydrogens (tertiary/aromatic N) is 3. The zero-order chi connectivity index (χ0) is 14.5. The van der Waals surface area contributed by atoms with E-state index in [4.69, 9.17) is 10.5 Å². The first-order chi connectivity index (χ1) is 9.61. The number of imidazole rings is 1. The summed E-state index contributed by atoms with van der Waals surface area (Å²) >= 11 is 0. The van der Waals surface area contributed by atoms with Crippen molar-refractivity contribution >= 4 is 41.0 Å². The summed E-state index contributed by atoms with van der Waals surface area (Å²) in [7, 11) is 3.64. The Morgan fingerprint density at radius 2 is 2.19 bits per heavy atom. The molecule has 1 heterocycles. The van der Waals surface area contributed by atoms with Gasteiger partial charge in [-0.25, -0.2) is 9.98 Å². The van der Waals surface area contributed by atoms with Crippen LogP contribution in [0, 0.1) is 0 Å². The number of nitrogens with two attached hydrogens (primary N) is 1. The lowest BCUT2D eigenvalue weighted by Gasteiger charge is -2.12. The van der Waals surface area contributed by atoms with E-state index in [-0.39, 0.29) is 30.0 Å². The maximum Gasteiger partial charge on any atom is 0.189 e. The minimum absolute atomic E-state index is 0.